The number of hydrogen-bond donors (Lipinski definition) is 5. The molecule has 6 aromatic rings. The molecule has 3 fully saturated rings. The van der Waals surface area contributed by atoms with Crippen LogP contribution in [-0.2, 0) is 57.6 Å². The predicted molar refractivity (Wildman–Crippen MR) is 406 cm³/mol. The van der Waals surface area contributed by atoms with E-state index in [2.05, 4.69) is 86.7 Å². The van der Waals surface area contributed by atoms with Crippen molar-refractivity contribution in [2.24, 2.45) is 0 Å². The Labute approximate surface area is 766 Å². The van der Waals surface area contributed by atoms with Gasteiger partial charge in [0, 0.05) is 145 Å². The number of carbonyl (C=O) groups excluding carboxylic acids is 7. The SMILES string of the molecule is C.CC(C)(C)OC(=O)N(Cc1cnc(N2CCNCC2)nc1)C(=O)OC(C)(C)C.CCOC(=O)c1cnc(Cl)nc1N.CCOC(=O)c1cnc(N2CCN(c3ncc(CN(C(=O)OC(C)(C)C)C(=O)OC(C)(C)C)cn3)CC2)nc1N.CCc1cnc(N2CCN(c3ncc(C(=O)O)c(N)n3)CC2)nc1.O=CO[O-].[H-].[K+].[K+].[Li+].[OH-]. The summed E-state index contributed by atoms with van der Waals surface area (Å²) in [5, 5.41) is 20.7. The Hall–Kier alpha value is -7.72. The van der Waals surface area contributed by atoms with Crippen molar-refractivity contribution in [3.05, 3.63) is 94.4 Å². The fourth-order valence-corrected chi connectivity index (χ4v) is 9.48. The molecule has 0 saturated carbocycles. The van der Waals surface area contributed by atoms with Crippen molar-refractivity contribution < 1.29 is 211 Å². The van der Waals surface area contributed by atoms with Crippen molar-refractivity contribution in [3.8, 4) is 0 Å². The van der Waals surface area contributed by atoms with Crippen LogP contribution in [0, 0.1) is 0 Å². The van der Waals surface area contributed by atoms with Crippen molar-refractivity contribution in [2.45, 2.75) is 153 Å². The molecule has 9 rings (SSSR count). The standard InChI is InChI=1S/C26H38N8O6.C19H31N5O4.C15H19N7O2.C7H8ClN3O2.CH2O3.CH4.2K.Li.H2O.H/c1-8-38-20(35)18-15-30-22(31-19(18)27)33-11-9-32(10-12-33)21-28-13-17(14-29-21)16-34(23(36)39-25(2,3)4)24(37)40-26(5,6)7;1-18(2,3)27-16(25)24(17(26)28-19(4,5)6)13-14-11-21-15(22-12-14)23-9-7-20-8-10-23;1-2-10-7-17-14(18-8-10)21-3-5-22(6-4-21)15-19-9-11(13(23)24)12(16)20-15;1-2-13-6(12)4-3-10-7(8)11-5(4)9;2-1-4-3;;;;;;/h13-15H,8-12,16H2,1-7H3,(H2,27,30,31);11-12,20H,7-10,13H2,1-6H3;7-9H,2-6H2,1H3,(H,23,24)(H2,16,19,20);3H,2H2,1H3,(H2,9,10,11);1,3H;1H4;;;;1H2;/q;;;;;;3*+1;;-1/p-2. The average molecular weight is 1660 g/mol. The number of amides is 4. The van der Waals surface area contributed by atoms with E-state index in [1.807, 2.05) is 27.1 Å². The van der Waals surface area contributed by atoms with E-state index >= 15 is 0 Å². The Morgan fingerprint density at radius 2 is 0.746 bits per heavy atom. The van der Waals surface area contributed by atoms with Crippen molar-refractivity contribution in [1.29, 1.82) is 0 Å². The van der Waals surface area contributed by atoms with Crippen LogP contribution in [0.1, 0.15) is 160 Å². The van der Waals surface area contributed by atoms with Gasteiger partial charge >= 0.3 is 164 Å². The number of nitrogens with zero attached hydrogens (tertiary/aromatic N) is 19. The first-order chi connectivity index (χ1) is 51.2. The molecule has 612 valence electrons. The molecule has 0 radical (unpaired) electrons. The molecule has 3 aliphatic heterocycles. The van der Waals surface area contributed by atoms with Gasteiger partial charge in [-0.25, -0.2) is 93.2 Å². The number of nitrogens with two attached hydrogens (primary N) is 3. The van der Waals surface area contributed by atoms with Gasteiger partial charge in [0.15, 0.2) is 0 Å². The number of halogens is 1. The first-order valence-corrected chi connectivity index (χ1v) is 34.8. The fraction of sp³-hybridized carbons (Fsp3) is 0.536. The van der Waals surface area contributed by atoms with Crippen molar-refractivity contribution in [2.75, 3.05) is 133 Å². The molecule has 9 N–H and O–H groups in total. The number of piperazine rings is 3. The number of ether oxygens (including phenoxy) is 6. The number of nitrogens with one attached hydrogen (secondary N) is 1. The maximum atomic E-state index is 12.8. The van der Waals surface area contributed by atoms with Crippen LogP contribution in [0.4, 0.5) is 66.4 Å². The number of aromatic nitrogens is 12. The Balaban J connectivity index is 0. The van der Waals surface area contributed by atoms with Crippen LogP contribution in [0.15, 0.2) is 55.8 Å². The summed E-state index contributed by atoms with van der Waals surface area (Å²) >= 11 is 5.44. The maximum Gasteiger partial charge on any atom is 1.00 e. The molecule has 9 heterocycles. The van der Waals surface area contributed by atoms with Crippen molar-refractivity contribution in [1.82, 2.24) is 74.9 Å². The molecular formula is C69H103ClK2LiN23O18. The van der Waals surface area contributed by atoms with Gasteiger partial charge in [-0.05, 0) is 121 Å². The smallest absolute Gasteiger partial charge is 1.00 e. The van der Waals surface area contributed by atoms with E-state index in [1.165, 1.54) is 18.6 Å². The number of anilines is 8. The van der Waals surface area contributed by atoms with Crippen LogP contribution in [-0.4, -0.2) is 243 Å². The Morgan fingerprint density at radius 1 is 0.482 bits per heavy atom. The zero-order chi connectivity index (χ0) is 81.0. The Morgan fingerprint density at radius 3 is 1.01 bits per heavy atom. The largest absolute Gasteiger partial charge is 1.00 e. The van der Waals surface area contributed by atoms with Crippen LogP contribution < -0.4 is 174 Å². The molecule has 41 nitrogen and oxygen atoms in total. The third-order valence-electron chi connectivity index (χ3n) is 14.4. The summed E-state index contributed by atoms with van der Waals surface area (Å²) in [6.45, 7) is 35.0. The molecule has 3 aliphatic rings. The first kappa shape index (κ1) is 106. The van der Waals surface area contributed by atoms with Gasteiger partial charge in [0.05, 0.1) is 26.3 Å². The van der Waals surface area contributed by atoms with Gasteiger partial charge < -0.3 is 97.6 Å². The maximum absolute atomic E-state index is 12.8. The van der Waals surface area contributed by atoms with E-state index in [-0.39, 0.29) is 208 Å². The van der Waals surface area contributed by atoms with E-state index in [9.17, 15) is 33.6 Å². The molecular weight excluding hydrogens is 1560 g/mol. The number of esters is 2. The van der Waals surface area contributed by atoms with Crippen LogP contribution in [0.2, 0.25) is 5.28 Å². The zero-order valence-corrected chi connectivity index (χ0v) is 74.3. The second-order valence-corrected chi connectivity index (χ2v) is 28.0. The molecule has 6 aromatic heterocycles. The van der Waals surface area contributed by atoms with Gasteiger partial charge in [-0.1, -0.05) is 14.4 Å². The minimum Gasteiger partial charge on any atom is -1.00 e. The number of aromatic carboxylic acids is 1. The molecule has 114 heavy (non-hydrogen) atoms. The van der Waals surface area contributed by atoms with Crippen LogP contribution >= 0.6 is 11.6 Å². The number of rotatable bonds is 16. The van der Waals surface area contributed by atoms with E-state index in [0.29, 0.717) is 80.1 Å². The summed E-state index contributed by atoms with van der Waals surface area (Å²) in [5.74, 6) is 0.557. The van der Waals surface area contributed by atoms with Crippen LogP contribution in [0.25, 0.3) is 0 Å². The second kappa shape index (κ2) is 50.7. The first-order valence-electron chi connectivity index (χ1n) is 34.4. The Bertz CT molecular complexity index is 3950. The van der Waals surface area contributed by atoms with E-state index in [1.54, 1.807) is 122 Å². The van der Waals surface area contributed by atoms with E-state index in [0.717, 1.165) is 61.1 Å². The molecule has 0 aromatic carbocycles. The quantitative estimate of drug-likeness (QED) is 0.0122. The molecule has 3 saturated heterocycles. The van der Waals surface area contributed by atoms with Crippen molar-refractivity contribution >= 4 is 108 Å². The number of hydrogen-bond acceptors (Lipinski definition) is 38. The summed E-state index contributed by atoms with van der Waals surface area (Å²) in [5.41, 5.74) is 16.4. The molecule has 4 amide bonds. The number of carboxylic acids is 1. The van der Waals surface area contributed by atoms with Gasteiger partial charge in [-0.2, -0.15) is 9.97 Å². The molecule has 0 aliphatic carbocycles. The molecule has 0 unspecified atom stereocenters. The molecule has 0 atom stereocenters. The summed E-state index contributed by atoms with van der Waals surface area (Å²) < 4.78 is 31.2. The summed E-state index contributed by atoms with van der Waals surface area (Å²) in [6.07, 6.45) is 11.7. The number of aryl methyl sites for hydroxylation is 1. The van der Waals surface area contributed by atoms with E-state index in [4.69, 9.17) is 72.4 Å². The third kappa shape index (κ3) is 36.6. The fourth-order valence-electron chi connectivity index (χ4n) is 9.34. The minimum absolute atomic E-state index is 0. The van der Waals surface area contributed by atoms with Gasteiger partial charge in [0.25, 0.3) is 6.47 Å². The minimum atomic E-state index is -1.13. The van der Waals surface area contributed by atoms with Gasteiger partial charge in [-0.15, -0.1) is 0 Å². The summed E-state index contributed by atoms with van der Waals surface area (Å²) in [7, 11) is 0. The third-order valence-corrected chi connectivity index (χ3v) is 14.6. The summed E-state index contributed by atoms with van der Waals surface area (Å²) in [4.78, 5) is 158. The number of nitrogen functional groups attached to an aromatic ring is 3. The number of carbonyl (C=O) groups is 8. The molecule has 45 heteroatoms. The topological polar surface area (TPSA) is 542 Å². The number of carboxylic acid groups (broad SMARTS) is 1. The van der Waals surface area contributed by atoms with E-state index < -0.39 is 64.7 Å². The monoisotopic (exact) mass is 1660 g/mol. The van der Waals surface area contributed by atoms with Crippen LogP contribution in [0.3, 0.4) is 0 Å². The van der Waals surface area contributed by atoms with Crippen LogP contribution in [0.5, 0.6) is 0 Å². The molecule has 0 bridgehead atoms. The van der Waals surface area contributed by atoms with Gasteiger partial charge in [0.1, 0.15) is 56.5 Å². The average Bonchev–Trinajstić information content (AvgIpc) is 0.828. The zero-order valence-electron chi connectivity index (χ0n) is 68.3. The van der Waals surface area contributed by atoms with Gasteiger partial charge in [0.2, 0.25) is 35.0 Å². The van der Waals surface area contributed by atoms with Crippen molar-refractivity contribution in [3.63, 3.8) is 0 Å². The van der Waals surface area contributed by atoms with Gasteiger partial charge in [-0.3, -0.25) is 4.79 Å². The summed E-state index contributed by atoms with van der Waals surface area (Å²) in [6, 6.07) is 0. The normalized spacial score (nSPS) is 13.0. The predicted octanol–water partition coefficient (Wildman–Crippen LogP) is -3.07. The number of imide groups is 2. The molecule has 0 spiro atoms. The second-order valence-electron chi connectivity index (χ2n) is 27.6. The Kier molecular flexibility index (Phi) is 47.3.